The summed E-state index contributed by atoms with van der Waals surface area (Å²) in [6.07, 6.45) is 0.988. The molecule has 0 bridgehead atoms. The highest BCUT2D eigenvalue weighted by Crippen LogP contribution is 2.29. The number of anilines is 1. The number of benzene rings is 1. The van der Waals surface area contributed by atoms with E-state index in [-0.39, 0.29) is 12.0 Å². The smallest absolute Gasteiger partial charge is 0.338 e. The van der Waals surface area contributed by atoms with Crippen molar-refractivity contribution < 1.29 is 9.53 Å². The summed E-state index contributed by atoms with van der Waals surface area (Å²) in [5.41, 5.74) is 2.51. The molecule has 0 radical (unpaired) electrons. The first-order chi connectivity index (χ1) is 9.67. The Hall–Kier alpha value is -1.81. The quantitative estimate of drug-likeness (QED) is 0.829. The van der Waals surface area contributed by atoms with Crippen molar-refractivity contribution in [3.63, 3.8) is 0 Å². The van der Waals surface area contributed by atoms with Crippen LogP contribution in [0.25, 0.3) is 0 Å². The van der Waals surface area contributed by atoms with Gasteiger partial charge in [-0.25, -0.2) is 4.79 Å². The summed E-state index contributed by atoms with van der Waals surface area (Å²) in [5.74, 6) is -0.296. The number of nitrogens with one attached hydrogen (secondary N) is 1. The zero-order chi connectivity index (χ0) is 14.5. The highest BCUT2D eigenvalue weighted by molar-refractivity contribution is 7.10. The van der Waals surface area contributed by atoms with Gasteiger partial charge in [0.25, 0.3) is 0 Å². The number of carbonyl (C=O) groups is 1. The predicted molar refractivity (Wildman–Crippen MR) is 83.5 cm³/mol. The zero-order valence-corrected chi connectivity index (χ0v) is 12.8. The molecule has 0 aliphatic rings. The van der Waals surface area contributed by atoms with Crippen LogP contribution in [0.1, 0.15) is 40.2 Å². The number of ether oxygens (including phenoxy) is 1. The average Bonchev–Trinajstić information content (AvgIpc) is 2.99. The van der Waals surface area contributed by atoms with E-state index in [0.717, 1.165) is 17.7 Å². The molecule has 3 nitrogen and oxygen atoms in total. The molecule has 0 saturated heterocycles. The number of thiophene rings is 1. The van der Waals surface area contributed by atoms with Crippen molar-refractivity contribution in [2.75, 3.05) is 12.4 Å². The average molecular weight is 289 g/mol. The second-order valence-corrected chi connectivity index (χ2v) is 5.57. The Morgan fingerprint density at radius 2 is 2.15 bits per heavy atom. The summed E-state index contributed by atoms with van der Waals surface area (Å²) in [7, 11) is 1.41. The predicted octanol–water partition coefficient (Wildman–Crippen LogP) is 4.41. The molecule has 2 rings (SSSR count). The van der Waals surface area contributed by atoms with Crippen LogP contribution in [-0.4, -0.2) is 13.1 Å². The van der Waals surface area contributed by atoms with E-state index in [1.807, 2.05) is 19.1 Å². The van der Waals surface area contributed by atoms with Gasteiger partial charge in [0.1, 0.15) is 0 Å². The van der Waals surface area contributed by atoms with Crippen LogP contribution in [0.4, 0.5) is 5.69 Å². The lowest BCUT2D eigenvalue weighted by atomic mass is 10.1. The van der Waals surface area contributed by atoms with Crippen molar-refractivity contribution in [2.24, 2.45) is 0 Å². The van der Waals surface area contributed by atoms with Crippen LogP contribution in [0.3, 0.4) is 0 Å². The lowest BCUT2D eigenvalue weighted by molar-refractivity contribution is 0.0600. The Bertz CT molecular complexity index is 578. The molecule has 0 amide bonds. The van der Waals surface area contributed by atoms with Crippen molar-refractivity contribution in [3.8, 4) is 0 Å². The number of carbonyl (C=O) groups excluding carboxylic acids is 1. The normalized spacial score (nSPS) is 11.9. The Kier molecular flexibility index (Phi) is 4.79. The minimum absolute atomic E-state index is 0.265. The van der Waals surface area contributed by atoms with E-state index in [1.54, 1.807) is 17.4 Å². The second kappa shape index (κ2) is 6.57. The molecule has 2 aromatic rings. The first-order valence-electron chi connectivity index (χ1n) is 6.65. The molecule has 1 unspecified atom stereocenters. The highest BCUT2D eigenvalue weighted by Gasteiger charge is 2.15. The van der Waals surface area contributed by atoms with Gasteiger partial charge in [-0.1, -0.05) is 19.1 Å². The molecule has 0 saturated carbocycles. The Labute approximate surface area is 123 Å². The van der Waals surface area contributed by atoms with Gasteiger partial charge < -0.3 is 10.1 Å². The molecule has 0 aliphatic carbocycles. The molecule has 1 aromatic heterocycles. The van der Waals surface area contributed by atoms with Crippen LogP contribution in [0.15, 0.2) is 35.7 Å². The molecule has 4 heteroatoms. The topological polar surface area (TPSA) is 38.3 Å². The van der Waals surface area contributed by atoms with E-state index in [4.69, 9.17) is 4.74 Å². The third kappa shape index (κ3) is 3.02. The molecule has 1 heterocycles. The summed E-state index contributed by atoms with van der Waals surface area (Å²) in [4.78, 5) is 13.0. The first kappa shape index (κ1) is 14.6. The zero-order valence-electron chi connectivity index (χ0n) is 12.0. The fourth-order valence-corrected chi connectivity index (χ4v) is 3.04. The van der Waals surface area contributed by atoms with Crippen molar-refractivity contribution in [2.45, 2.75) is 26.3 Å². The second-order valence-electron chi connectivity index (χ2n) is 4.59. The molecule has 0 aliphatic heterocycles. The number of methoxy groups -OCH3 is 1. The van der Waals surface area contributed by atoms with Crippen LogP contribution in [0.2, 0.25) is 0 Å². The van der Waals surface area contributed by atoms with Gasteiger partial charge in [0.2, 0.25) is 0 Å². The van der Waals surface area contributed by atoms with Gasteiger partial charge in [-0.05, 0) is 42.5 Å². The fourth-order valence-electron chi connectivity index (χ4n) is 2.17. The maximum Gasteiger partial charge on any atom is 0.338 e. The maximum atomic E-state index is 11.7. The van der Waals surface area contributed by atoms with E-state index in [2.05, 4.69) is 29.8 Å². The van der Waals surface area contributed by atoms with Gasteiger partial charge in [-0.15, -0.1) is 11.3 Å². The van der Waals surface area contributed by atoms with Crippen LogP contribution >= 0.6 is 11.3 Å². The van der Waals surface area contributed by atoms with E-state index >= 15 is 0 Å². The summed E-state index contributed by atoms with van der Waals surface area (Å²) < 4.78 is 4.81. The minimum atomic E-state index is -0.296. The van der Waals surface area contributed by atoms with E-state index < -0.39 is 0 Å². The molecule has 1 atom stereocenters. The molecule has 1 N–H and O–H groups in total. The molecular formula is C16H19NO2S. The number of hydrogen-bond acceptors (Lipinski definition) is 4. The number of rotatable bonds is 5. The summed E-state index contributed by atoms with van der Waals surface area (Å²) >= 11 is 1.74. The fraction of sp³-hybridized carbons (Fsp3) is 0.312. The van der Waals surface area contributed by atoms with E-state index in [9.17, 15) is 4.79 Å². The molecular weight excluding hydrogens is 270 g/mol. The minimum Gasteiger partial charge on any atom is -0.465 e. The summed E-state index contributed by atoms with van der Waals surface area (Å²) in [6.45, 7) is 4.09. The SMILES string of the molecule is CCC(Nc1cccc(C(=O)OC)c1C)c1cccs1. The van der Waals surface area contributed by atoms with Crippen LogP contribution in [-0.2, 0) is 4.74 Å². The third-order valence-corrected chi connectivity index (χ3v) is 4.35. The summed E-state index contributed by atoms with van der Waals surface area (Å²) in [5, 5.41) is 5.60. The highest BCUT2D eigenvalue weighted by atomic mass is 32.1. The molecule has 0 spiro atoms. The largest absolute Gasteiger partial charge is 0.465 e. The van der Waals surface area contributed by atoms with E-state index in [1.165, 1.54) is 12.0 Å². The standard InChI is InChI=1S/C16H19NO2S/c1-4-13(15-9-6-10-20-15)17-14-8-5-7-12(11(14)2)16(18)19-3/h5-10,13,17H,4H2,1-3H3. The molecule has 1 aromatic carbocycles. The number of hydrogen-bond donors (Lipinski definition) is 1. The van der Waals surface area contributed by atoms with Gasteiger partial charge in [0.05, 0.1) is 18.7 Å². The monoisotopic (exact) mass is 289 g/mol. The number of esters is 1. The van der Waals surface area contributed by atoms with Crippen molar-refractivity contribution in [1.82, 2.24) is 0 Å². The molecule has 0 fully saturated rings. The Balaban J connectivity index is 2.27. The Morgan fingerprint density at radius 1 is 1.35 bits per heavy atom. The van der Waals surface area contributed by atoms with Crippen LogP contribution in [0.5, 0.6) is 0 Å². The van der Waals surface area contributed by atoms with Gasteiger partial charge in [0.15, 0.2) is 0 Å². The Morgan fingerprint density at radius 3 is 2.75 bits per heavy atom. The van der Waals surface area contributed by atoms with Gasteiger partial charge >= 0.3 is 5.97 Å². The van der Waals surface area contributed by atoms with Gasteiger partial charge in [-0.2, -0.15) is 0 Å². The van der Waals surface area contributed by atoms with Crippen molar-refractivity contribution >= 4 is 23.0 Å². The van der Waals surface area contributed by atoms with Crippen molar-refractivity contribution in [3.05, 3.63) is 51.7 Å². The van der Waals surface area contributed by atoms with Crippen molar-refractivity contribution in [1.29, 1.82) is 0 Å². The maximum absolute atomic E-state index is 11.7. The molecule has 20 heavy (non-hydrogen) atoms. The van der Waals surface area contributed by atoms with Gasteiger partial charge in [-0.3, -0.25) is 0 Å². The third-order valence-electron chi connectivity index (χ3n) is 3.36. The summed E-state index contributed by atoms with van der Waals surface area (Å²) in [6, 6.07) is 10.1. The van der Waals surface area contributed by atoms with Crippen LogP contribution in [0, 0.1) is 6.92 Å². The molecule has 106 valence electrons. The van der Waals surface area contributed by atoms with Gasteiger partial charge in [0, 0.05) is 10.6 Å². The van der Waals surface area contributed by atoms with Crippen LogP contribution < -0.4 is 5.32 Å². The van der Waals surface area contributed by atoms with E-state index in [0.29, 0.717) is 5.56 Å². The lowest BCUT2D eigenvalue weighted by Crippen LogP contribution is -2.11. The first-order valence-corrected chi connectivity index (χ1v) is 7.53. The lowest BCUT2D eigenvalue weighted by Gasteiger charge is -2.19.